The number of alkyl halides is 3. The first-order valence-corrected chi connectivity index (χ1v) is 5.71. The van der Waals surface area contributed by atoms with Crippen LogP contribution < -0.4 is 11.1 Å². The first-order valence-electron chi connectivity index (χ1n) is 4.54. The fourth-order valence-electron chi connectivity index (χ4n) is 0.879. The van der Waals surface area contributed by atoms with Crippen molar-refractivity contribution < 1.29 is 18.0 Å². The third-order valence-corrected chi connectivity index (χ3v) is 3.25. The van der Waals surface area contributed by atoms with Crippen molar-refractivity contribution in [3.05, 3.63) is 21.9 Å². The lowest BCUT2D eigenvalue weighted by Gasteiger charge is -2.26. The summed E-state index contributed by atoms with van der Waals surface area (Å²) in [5.41, 5.74) is 2.02. The number of aromatic nitrogens is 1. The number of carbonyl (C=O) groups is 1. The Bertz CT molecular complexity index is 479. The molecular weight excluding hydrogens is 338 g/mol. The molecule has 1 aromatic heterocycles. The minimum absolute atomic E-state index is 0.0530. The lowest BCUT2D eigenvalue weighted by Crippen LogP contribution is -2.59. The van der Waals surface area contributed by atoms with Crippen LogP contribution in [0, 0.1) is 0 Å². The van der Waals surface area contributed by atoms with E-state index >= 15 is 0 Å². The number of pyridine rings is 1. The van der Waals surface area contributed by atoms with Crippen LogP contribution in [-0.2, 0) is 4.79 Å². The van der Waals surface area contributed by atoms with Gasteiger partial charge in [0.25, 0.3) is 5.91 Å². The first-order chi connectivity index (χ1) is 8.05. The summed E-state index contributed by atoms with van der Waals surface area (Å²) in [4.78, 5) is 15.1. The Morgan fingerprint density at radius 2 is 2.11 bits per heavy atom. The molecular formula is C9H8BrClF3N3O. The van der Waals surface area contributed by atoms with E-state index in [0.717, 1.165) is 6.20 Å². The molecule has 100 valence electrons. The number of carbonyl (C=O) groups excluding carboxylic acids is 1. The third-order valence-electron chi connectivity index (χ3n) is 2.11. The molecule has 0 spiro atoms. The molecule has 0 bridgehead atoms. The monoisotopic (exact) mass is 345 g/mol. The quantitative estimate of drug-likeness (QED) is 0.809. The third kappa shape index (κ3) is 3.12. The van der Waals surface area contributed by atoms with Crippen LogP contribution in [0.2, 0.25) is 5.15 Å². The zero-order valence-corrected chi connectivity index (χ0v) is 11.3. The van der Waals surface area contributed by atoms with Gasteiger partial charge in [-0.25, -0.2) is 4.98 Å². The molecule has 0 aromatic carbocycles. The van der Waals surface area contributed by atoms with Crippen LogP contribution in [0.3, 0.4) is 0 Å². The number of nitrogens with one attached hydrogen (secondary N) is 1. The summed E-state index contributed by atoms with van der Waals surface area (Å²) in [6, 6.07) is 1.32. The second-order valence-corrected chi connectivity index (χ2v) is 4.86. The Kier molecular flexibility index (Phi) is 4.24. The van der Waals surface area contributed by atoms with Crippen LogP contribution in [0.5, 0.6) is 0 Å². The summed E-state index contributed by atoms with van der Waals surface area (Å²) in [6.45, 7) is 0.584. The van der Waals surface area contributed by atoms with Gasteiger partial charge in [0.15, 0.2) is 5.54 Å². The maximum Gasteiger partial charge on any atom is 0.415 e. The van der Waals surface area contributed by atoms with E-state index in [1.807, 2.05) is 5.32 Å². The van der Waals surface area contributed by atoms with E-state index in [0.29, 0.717) is 11.4 Å². The van der Waals surface area contributed by atoms with Crippen molar-refractivity contribution in [3.8, 4) is 0 Å². The predicted octanol–water partition coefficient (Wildman–Crippen LogP) is 2.72. The molecule has 0 radical (unpaired) electrons. The van der Waals surface area contributed by atoms with Crippen molar-refractivity contribution >= 4 is 39.1 Å². The van der Waals surface area contributed by atoms with Gasteiger partial charge in [-0.05, 0) is 28.9 Å². The molecule has 1 aromatic rings. The number of hydrogen-bond acceptors (Lipinski definition) is 3. The van der Waals surface area contributed by atoms with Crippen molar-refractivity contribution in [2.24, 2.45) is 5.73 Å². The van der Waals surface area contributed by atoms with Crippen LogP contribution in [0.15, 0.2) is 16.7 Å². The molecule has 3 N–H and O–H groups in total. The van der Waals surface area contributed by atoms with Gasteiger partial charge in [-0.15, -0.1) is 0 Å². The minimum atomic E-state index is -4.85. The molecule has 0 fully saturated rings. The smallest absolute Gasteiger partial charge is 0.323 e. The number of halogens is 5. The molecule has 4 nitrogen and oxygen atoms in total. The topological polar surface area (TPSA) is 68.0 Å². The second-order valence-electron chi connectivity index (χ2n) is 3.65. The van der Waals surface area contributed by atoms with Crippen molar-refractivity contribution in [1.29, 1.82) is 0 Å². The highest BCUT2D eigenvalue weighted by Gasteiger charge is 2.53. The van der Waals surface area contributed by atoms with E-state index in [1.165, 1.54) is 6.07 Å². The summed E-state index contributed by atoms with van der Waals surface area (Å²) in [5, 5.41) is 2.15. The van der Waals surface area contributed by atoms with Gasteiger partial charge in [0, 0.05) is 0 Å². The molecule has 1 rings (SSSR count). The maximum absolute atomic E-state index is 12.5. The minimum Gasteiger partial charge on any atom is -0.323 e. The van der Waals surface area contributed by atoms with E-state index in [9.17, 15) is 18.0 Å². The predicted molar refractivity (Wildman–Crippen MR) is 64.2 cm³/mol. The van der Waals surface area contributed by atoms with Gasteiger partial charge in [-0.3, -0.25) is 4.79 Å². The van der Waals surface area contributed by atoms with Crippen LogP contribution in [0.1, 0.15) is 6.92 Å². The number of rotatable bonds is 2. The summed E-state index contributed by atoms with van der Waals surface area (Å²) in [7, 11) is 0. The Hall–Kier alpha value is -0.860. The summed E-state index contributed by atoms with van der Waals surface area (Å²) in [6.07, 6.45) is -3.73. The average Bonchev–Trinajstić information content (AvgIpc) is 2.21. The first kappa shape index (κ1) is 15.2. The van der Waals surface area contributed by atoms with E-state index in [4.69, 9.17) is 17.3 Å². The fraction of sp³-hybridized carbons (Fsp3) is 0.333. The lowest BCUT2D eigenvalue weighted by molar-refractivity contribution is -0.184. The normalized spacial score (nSPS) is 15.1. The lowest BCUT2D eigenvalue weighted by atomic mass is 10.0. The highest BCUT2D eigenvalue weighted by molar-refractivity contribution is 9.10. The number of anilines is 1. The molecule has 1 unspecified atom stereocenters. The van der Waals surface area contributed by atoms with Gasteiger partial charge in [-0.2, -0.15) is 13.2 Å². The zero-order chi connectivity index (χ0) is 14.1. The Morgan fingerprint density at radius 3 is 2.56 bits per heavy atom. The maximum atomic E-state index is 12.5. The summed E-state index contributed by atoms with van der Waals surface area (Å²) >= 11 is 8.63. The Balaban J connectivity index is 2.91. The molecule has 9 heteroatoms. The van der Waals surface area contributed by atoms with Gasteiger partial charge < -0.3 is 11.1 Å². The molecule has 18 heavy (non-hydrogen) atoms. The van der Waals surface area contributed by atoms with E-state index in [2.05, 4.69) is 20.9 Å². The van der Waals surface area contributed by atoms with E-state index in [-0.39, 0.29) is 10.8 Å². The molecule has 1 atom stereocenters. The Morgan fingerprint density at radius 1 is 1.56 bits per heavy atom. The molecule has 0 saturated carbocycles. The number of nitrogens with two attached hydrogens (primary N) is 1. The zero-order valence-electron chi connectivity index (χ0n) is 8.98. The van der Waals surface area contributed by atoms with Gasteiger partial charge >= 0.3 is 6.18 Å². The van der Waals surface area contributed by atoms with Gasteiger partial charge in [0.1, 0.15) is 5.15 Å². The molecule has 1 amide bonds. The van der Waals surface area contributed by atoms with Gasteiger partial charge in [0.2, 0.25) is 0 Å². The number of nitrogens with zero attached hydrogens (tertiary/aromatic N) is 1. The largest absolute Gasteiger partial charge is 0.415 e. The van der Waals surface area contributed by atoms with Crippen molar-refractivity contribution in [2.45, 2.75) is 18.6 Å². The highest BCUT2D eigenvalue weighted by atomic mass is 79.9. The van der Waals surface area contributed by atoms with Crippen molar-refractivity contribution in [2.75, 3.05) is 5.32 Å². The van der Waals surface area contributed by atoms with Crippen LogP contribution in [0.4, 0.5) is 18.9 Å². The average molecular weight is 347 g/mol. The van der Waals surface area contributed by atoms with Crippen LogP contribution in [0.25, 0.3) is 0 Å². The summed E-state index contributed by atoms with van der Waals surface area (Å²) in [5.74, 6) is -1.38. The highest BCUT2D eigenvalue weighted by Crippen LogP contribution is 2.29. The standard InChI is InChI=1S/C9H8BrClF3N3O/c1-8(15,9(12,13)14)7(18)17-4-2-5(10)6(11)16-3-4/h2-3H,15H2,1H3,(H,17,18). The second kappa shape index (κ2) is 5.02. The Labute approximate surface area is 114 Å². The fourth-order valence-corrected chi connectivity index (χ4v) is 1.33. The molecule has 1 heterocycles. The molecule has 0 aliphatic rings. The van der Waals surface area contributed by atoms with E-state index < -0.39 is 17.6 Å². The SMILES string of the molecule is CC(N)(C(=O)Nc1cnc(Cl)c(Br)c1)C(F)(F)F. The number of amides is 1. The van der Waals surface area contributed by atoms with E-state index in [1.54, 1.807) is 0 Å². The summed E-state index contributed by atoms with van der Waals surface area (Å²) < 4.78 is 37.8. The van der Waals surface area contributed by atoms with Gasteiger partial charge in [-0.1, -0.05) is 11.6 Å². The van der Waals surface area contributed by atoms with Gasteiger partial charge in [0.05, 0.1) is 16.4 Å². The van der Waals surface area contributed by atoms with Crippen LogP contribution in [-0.4, -0.2) is 22.6 Å². The van der Waals surface area contributed by atoms with Crippen molar-refractivity contribution in [3.63, 3.8) is 0 Å². The number of hydrogen-bond donors (Lipinski definition) is 2. The molecule has 0 aliphatic carbocycles. The van der Waals surface area contributed by atoms with Crippen molar-refractivity contribution in [1.82, 2.24) is 4.98 Å². The molecule has 0 aliphatic heterocycles. The molecule has 0 saturated heterocycles. The van der Waals surface area contributed by atoms with Crippen LogP contribution >= 0.6 is 27.5 Å².